The monoisotopic (exact) mass is 222 g/mol. The summed E-state index contributed by atoms with van der Waals surface area (Å²) in [6.07, 6.45) is 0. The van der Waals surface area contributed by atoms with Gasteiger partial charge in [-0.1, -0.05) is 61.6 Å². The highest BCUT2D eigenvalue weighted by Gasteiger charge is 2.59. The maximum Gasteiger partial charge on any atom is 0.139 e. The van der Waals surface area contributed by atoms with Crippen LogP contribution in [0.25, 0.3) is 0 Å². The summed E-state index contributed by atoms with van der Waals surface area (Å²) in [5.41, 5.74) is 0.861. The predicted octanol–water partition coefficient (Wildman–Crippen LogP) is 4.55. The molecule has 1 rings (SSSR count). The zero-order chi connectivity index (χ0) is 12.9. The SMILES string of the molecule is C=C1OC(C(C)(C)C)(C(C)(C)C)C(=C)C1C. The Bertz CT molecular complexity index is 308. The zero-order valence-electron chi connectivity index (χ0n) is 11.9. The standard InChI is InChI=1S/C15H26O/c1-10-11(2)15(13(4,5)6,14(7,8)9)16-12(10)3/h10H,2-3H2,1,4-9H3. The number of allylic oxidation sites excluding steroid dienone is 1. The van der Waals surface area contributed by atoms with E-state index >= 15 is 0 Å². The van der Waals surface area contributed by atoms with E-state index in [0.717, 1.165) is 11.3 Å². The normalized spacial score (nSPS) is 25.8. The fourth-order valence-corrected chi connectivity index (χ4v) is 3.24. The van der Waals surface area contributed by atoms with Crippen molar-refractivity contribution in [1.82, 2.24) is 0 Å². The van der Waals surface area contributed by atoms with Crippen molar-refractivity contribution in [2.45, 2.75) is 54.1 Å². The molecule has 0 aromatic heterocycles. The Morgan fingerprint density at radius 2 is 1.38 bits per heavy atom. The first kappa shape index (κ1) is 13.3. The van der Waals surface area contributed by atoms with E-state index in [1.807, 2.05) is 0 Å². The second-order valence-corrected chi connectivity index (χ2v) is 7.00. The summed E-state index contributed by atoms with van der Waals surface area (Å²) in [5, 5.41) is 0. The third-order valence-electron chi connectivity index (χ3n) is 3.85. The van der Waals surface area contributed by atoms with E-state index < -0.39 is 0 Å². The second-order valence-electron chi connectivity index (χ2n) is 7.00. The lowest BCUT2D eigenvalue weighted by atomic mass is 9.59. The van der Waals surface area contributed by atoms with Gasteiger partial charge in [0.25, 0.3) is 0 Å². The maximum absolute atomic E-state index is 6.21. The first-order valence-corrected chi connectivity index (χ1v) is 6.02. The second kappa shape index (κ2) is 3.38. The molecule has 0 bridgehead atoms. The number of ether oxygens (including phenoxy) is 1. The van der Waals surface area contributed by atoms with Gasteiger partial charge in [-0.2, -0.15) is 0 Å². The van der Waals surface area contributed by atoms with E-state index in [9.17, 15) is 0 Å². The Hall–Kier alpha value is -0.720. The minimum atomic E-state index is -0.323. The summed E-state index contributed by atoms with van der Waals surface area (Å²) in [6, 6.07) is 0. The van der Waals surface area contributed by atoms with Crippen LogP contribution in [0, 0.1) is 16.7 Å². The highest BCUT2D eigenvalue weighted by molar-refractivity contribution is 5.34. The van der Waals surface area contributed by atoms with Crippen LogP contribution in [0.5, 0.6) is 0 Å². The molecule has 0 aromatic carbocycles. The van der Waals surface area contributed by atoms with Crippen molar-refractivity contribution in [3.8, 4) is 0 Å². The van der Waals surface area contributed by atoms with E-state index in [1.165, 1.54) is 0 Å². The number of hydrogen-bond donors (Lipinski definition) is 0. The van der Waals surface area contributed by atoms with Gasteiger partial charge < -0.3 is 4.74 Å². The van der Waals surface area contributed by atoms with Gasteiger partial charge >= 0.3 is 0 Å². The van der Waals surface area contributed by atoms with Crippen LogP contribution in [0.1, 0.15) is 48.5 Å². The molecule has 0 aliphatic carbocycles. The zero-order valence-corrected chi connectivity index (χ0v) is 11.9. The van der Waals surface area contributed by atoms with Gasteiger partial charge in [0.15, 0.2) is 0 Å². The average molecular weight is 222 g/mol. The van der Waals surface area contributed by atoms with Crippen molar-refractivity contribution >= 4 is 0 Å². The first-order valence-electron chi connectivity index (χ1n) is 6.02. The molecule has 1 aliphatic heterocycles. The molecule has 1 aliphatic rings. The molecule has 1 heteroatoms. The Balaban J connectivity index is 3.41. The van der Waals surface area contributed by atoms with Crippen molar-refractivity contribution in [3.05, 3.63) is 24.5 Å². The van der Waals surface area contributed by atoms with Crippen LogP contribution < -0.4 is 0 Å². The third-order valence-corrected chi connectivity index (χ3v) is 3.85. The van der Waals surface area contributed by atoms with E-state index in [-0.39, 0.29) is 22.3 Å². The number of rotatable bonds is 0. The molecular weight excluding hydrogens is 196 g/mol. The molecule has 1 unspecified atom stereocenters. The Morgan fingerprint density at radius 3 is 1.50 bits per heavy atom. The van der Waals surface area contributed by atoms with Crippen molar-refractivity contribution in [3.63, 3.8) is 0 Å². The summed E-state index contributed by atoms with van der Waals surface area (Å²) in [6.45, 7) is 23.7. The molecule has 16 heavy (non-hydrogen) atoms. The number of hydrogen-bond acceptors (Lipinski definition) is 1. The molecule has 0 radical (unpaired) electrons. The quantitative estimate of drug-likeness (QED) is 0.546. The predicted molar refractivity (Wildman–Crippen MR) is 70.2 cm³/mol. The summed E-state index contributed by atoms with van der Waals surface area (Å²) in [5.74, 6) is 1.10. The molecule has 0 saturated carbocycles. The van der Waals surface area contributed by atoms with Gasteiger partial charge in [-0.15, -0.1) is 0 Å². The van der Waals surface area contributed by atoms with E-state index in [4.69, 9.17) is 4.74 Å². The van der Waals surface area contributed by atoms with Gasteiger partial charge in [0.1, 0.15) is 5.60 Å². The molecular formula is C15H26O. The van der Waals surface area contributed by atoms with Crippen LogP contribution in [0.3, 0.4) is 0 Å². The molecule has 1 saturated heterocycles. The Morgan fingerprint density at radius 1 is 1.00 bits per heavy atom. The van der Waals surface area contributed by atoms with Gasteiger partial charge in [-0.25, -0.2) is 0 Å². The van der Waals surface area contributed by atoms with Gasteiger partial charge in [0.05, 0.1) is 5.76 Å². The first-order chi connectivity index (χ1) is 6.95. The van der Waals surface area contributed by atoms with Crippen molar-refractivity contribution in [2.24, 2.45) is 16.7 Å². The Kier molecular flexibility index (Phi) is 2.82. The minimum Gasteiger partial charge on any atom is -0.486 e. The summed E-state index contributed by atoms with van der Waals surface area (Å²) >= 11 is 0. The molecule has 1 atom stereocenters. The van der Waals surface area contributed by atoms with Gasteiger partial charge in [-0.3, -0.25) is 0 Å². The van der Waals surface area contributed by atoms with Crippen LogP contribution in [0.2, 0.25) is 0 Å². The molecule has 0 spiro atoms. The van der Waals surface area contributed by atoms with Crippen LogP contribution in [0.4, 0.5) is 0 Å². The van der Waals surface area contributed by atoms with Gasteiger partial charge in [-0.05, 0) is 5.57 Å². The minimum absolute atomic E-state index is 0.00995. The lowest BCUT2D eigenvalue weighted by molar-refractivity contribution is -0.104. The summed E-state index contributed by atoms with van der Waals surface area (Å²) in [4.78, 5) is 0. The van der Waals surface area contributed by atoms with Crippen molar-refractivity contribution in [1.29, 1.82) is 0 Å². The molecule has 1 fully saturated rings. The van der Waals surface area contributed by atoms with Crippen molar-refractivity contribution < 1.29 is 4.74 Å². The van der Waals surface area contributed by atoms with E-state index in [1.54, 1.807) is 0 Å². The van der Waals surface area contributed by atoms with Crippen LogP contribution >= 0.6 is 0 Å². The van der Waals surface area contributed by atoms with Crippen LogP contribution in [0.15, 0.2) is 24.5 Å². The lowest BCUT2D eigenvalue weighted by Crippen LogP contribution is -2.53. The Labute approximate surface area is 101 Å². The van der Waals surface area contributed by atoms with Crippen LogP contribution in [-0.2, 0) is 4.74 Å². The highest BCUT2D eigenvalue weighted by atomic mass is 16.5. The summed E-state index contributed by atoms with van der Waals surface area (Å²) in [7, 11) is 0. The third kappa shape index (κ3) is 1.52. The largest absolute Gasteiger partial charge is 0.486 e. The molecule has 92 valence electrons. The maximum atomic E-state index is 6.21. The van der Waals surface area contributed by atoms with Gasteiger partial charge in [0, 0.05) is 16.7 Å². The molecule has 0 aromatic rings. The highest BCUT2D eigenvalue weighted by Crippen LogP contribution is 2.58. The lowest BCUT2D eigenvalue weighted by Gasteiger charge is -2.50. The molecule has 0 N–H and O–H groups in total. The average Bonchev–Trinajstić information content (AvgIpc) is 2.27. The van der Waals surface area contributed by atoms with E-state index in [2.05, 4.69) is 61.6 Å². The molecule has 1 nitrogen and oxygen atoms in total. The smallest absolute Gasteiger partial charge is 0.139 e. The summed E-state index contributed by atoms with van der Waals surface area (Å²) < 4.78 is 6.21. The van der Waals surface area contributed by atoms with Crippen LogP contribution in [-0.4, -0.2) is 5.60 Å². The van der Waals surface area contributed by atoms with Crippen molar-refractivity contribution in [2.75, 3.05) is 0 Å². The topological polar surface area (TPSA) is 9.23 Å². The molecule has 1 heterocycles. The fraction of sp³-hybridized carbons (Fsp3) is 0.733. The van der Waals surface area contributed by atoms with Gasteiger partial charge in [0.2, 0.25) is 0 Å². The van der Waals surface area contributed by atoms with E-state index in [0.29, 0.717) is 0 Å². The fourth-order valence-electron chi connectivity index (χ4n) is 3.24. The molecule has 0 amide bonds.